The monoisotopic (exact) mass is 955 g/mol. The van der Waals surface area contributed by atoms with Crippen LogP contribution in [-0.4, -0.2) is 14.8 Å². The maximum atomic E-state index is 7.61. The molecule has 0 bridgehead atoms. The SMILES string of the molecule is Cc1cc2c3c(c1)N(c1ccc4c(c1)C(C)(C)CCC4(C)C)c1oc4cc5c(cc4c1B3c1cc(C(C)(C)C)ccc1N2c1ccc(C(C)(C)C)cc1-c1ccc([Si](C)(C)C)cc1)C(C)(C)CCC5(C)C. The van der Waals surface area contributed by atoms with Crippen LogP contribution in [0.4, 0.5) is 34.3 Å². The lowest BCUT2D eigenvalue weighted by atomic mass is 9.33. The van der Waals surface area contributed by atoms with Gasteiger partial charge in [-0.2, -0.15) is 0 Å². The molecular formula is C66H79BN2OSi. The van der Waals surface area contributed by atoms with Crippen molar-refractivity contribution in [3.63, 3.8) is 0 Å². The molecule has 0 saturated carbocycles. The molecule has 0 atom stereocenters. The Hall–Kier alpha value is -5.26. The second kappa shape index (κ2) is 15.4. The summed E-state index contributed by atoms with van der Waals surface area (Å²) in [6, 6.07) is 41.7. The summed E-state index contributed by atoms with van der Waals surface area (Å²) in [7, 11) is -1.53. The molecule has 0 fully saturated rings. The summed E-state index contributed by atoms with van der Waals surface area (Å²) in [6.07, 6.45) is 4.65. The number of aryl methyl sites for hydroxylation is 1. The molecule has 0 unspecified atom stereocenters. The highest BCUT2D eigenvalue weighted by molar-refractivity contribution is 7.01. The quantitative estimate of drug-likeness (QED) is 0.164. The fourth-order valence-corrected chi connectivity index (χ4v) is 14.2. The molecule has 0 amide bonds. The summed E-state index contributed by atoms with van der Waals surface area (Å²) in [4.78, 5) is 5.19. The summed E-state index contributed by atoms with van der Waals surface area (Å²) in [5.74, 6) is 0.957. The normalized spacial score (nSPS) is 18.4. The minimum absolute atomic E-state index is 0.0264. The Kier molecular flexibility index (Phi) is 10.4. The number of fused-ring (bicyclic) bond motifs is 8. The van der Waals surface area contributed by atoms with E-state index >= 15 is 0 Å². The molecule has 71 heavy (non-hydrogen) atoms. The van der Waals surface area contributed by atoms with Gasteiger partial charge in [0.25, 0.3) is 6.71 Å². The first-order valence-corrected chi connectivity index (χ1v) is 30.4. The fraction of sp³-hybridized carbons (Fsp3) is 0.424. The predicted molar refractivity (Wildman–Crippen MR) is 311 cm³/mol. The predicted octanol–water partition coefficient (Wildman–Crippen LogP) is 16.3. The lowest BCUT2D eigenvalue weighted by Gasteiger charge is -2.45. The molecule has 3 heterocycles. The van der Waals surface area contributed by atoms with Crippen molar-refractivity contribution in [3.8, 4) is 11.1 Å². The number of nitrogens with zero attached hydrogens (tertiary/aromatic N) is 2. The number of hydrogen-bond donors (Lipinski definition) is 0. The minimum Gasteiger partial charge on any atom is -0.440 e. The van der Waals surface area contributed by atoms with Crippen LogP contribution in [0.1, 0.15) is 162 Å². The number of rotatable bonds is 4. The summed E-state index contributed by atoms with van der Waals surface area (Å²) < 4.78 is 7.61. The Morgan fingerprint density at radius 2 is 1.03 bits per heavy atom. The second-order valence-electron chi connectivity index (χ2n) is 28.1. The molecule has 0 N–H and O–H groups in total. The standard InChI is InChI=1S/C66H79BN2OSi/c1-40-33-55-59-56(34-40)69(53-27-21-42(61(2,3)4)35-46(53)41-19-24-45(25-20-41)71(16,17)18)54-28-22-43(62(5,6)7)36-52(54)67(59)58-47-38-50-51(66(14,15)32-31-65(50,12)13)39-57(47)70-60(58)68(55)44-23-26-48-49(37-44)64(10,11)30-29-63(48,8)9/h19-28,33-39H,29-32H2,1-18H3. The largest absolute Gasteiger partial charge is 0.440 e. The molecule has 11 rings (SSSR count). The van der Waals surface area contributed by atoms with Crippen molar-refractivity contribution in [2.45, 2.75) is 182 Å². The molecule has 7 aromatic rings. The average molecular weight is 955 g/mol. The maximum absolute atomic E-state index is 7.61. The van der Waals surface area contributed by atoms with Crippen LogP contribution in [0.2, 0.25) is 19.6 Å². The van der Waals surface area contributed by atoms with Gasteiger partial charge < -0.3 is 9.32 Å². The summed E-state index contributed by atoms with van der Waals surface area (Å²) >= 11 is 0. The van der Waals surface area contributed by atoms with E-state index in [1.165, 1.54) is 112 Å². The van der Waals surface area contributed by atoms with Crippen molar-refractivity contribution in [3.05, 3.63) is 142 Å². The molecule has 0 saturated heterocycles. The zero-order valence-electron chi connectivity index (χ0n) is 46.5. The van der Waals surface area contributed by atoms with Gasteiger partial charge in [0.05, 0.1) is 13.8 Å². The van der Waals surface area contributed by atoms with Crippen molar-refractivity contribution in [2.75, 3.05) is 9.80 Å². The summed E-state index contributed by atoms with van der Waals surface area (Å²) in [6.45, 7) is 43.3. The summed E-state index contributed by atoms with van der Waals surface area (Å²) in [5.41, 5.74) is 23.4. The van der Waals surface area contributed by atoms with Gasteiger partial charge in [0.2, 0.25) is 5.88 Å². The van der Waals surface area contributed by atoms with E-state index in [4.69, 9.17) is 4.42 Å². The van der Waals surface area contributed by atoms with Crippen LogP contribution in [0, 0.1) is 6.92 Å². The van der Waals surface area contributed by atoms with Gasteiger partial charge >= 0.3 is 0 Å². The van der Waals surface area contributed by atoms with Crippen molar-refractivity contribution < 1.29 is 4.42 Å². The van der Waals surface area contributed by atoms with Crippen molar-refractivity contribution >= 4 is 81.7 Å². The Morgan fingerprint density at radius 3 is 1.61 bits per heavy atom. The molecular weight excluding hydrogens is 876 g/mol. The number of furan rings is 1. The van der Waals surface area contributed by atoms with Crippen LogP contribution in [0.25, 0.3) is 22.1 Å². The molecule has 0 radical (unpaired) electrons. The third-order valence-electron chi connectivity index (χ3n) is 17.9. The zero-order valence-corrected chi connectivity index (χ0v) is 47.5. The van der Waals surface area contributed by atoms with Gasteiger partial charge in [-0.1, -0.05) is 170 Å². The Labute approximate surface area is 428 Å². The van der Waals surface area contributed by atoms with E-state index < -0.39 is 8.07 Å². The molecule has 2 aliphatic carbocycles. The Morgan fingerprint density at radius 1 is 0.507 bits per heavy atom. The van der Waals surface area contributed by atoms with Gasteiger partial charge in [-0.3, -0.25) is 4.90 Å². The van der Waals surface area contributed by atoms with E-state index in [0.29, 0.717) is 0 Å². The van der Waals surface area contributed by atoms with E-state index in [1.807, 2.05) is 0 Å². The highest BCUT2D eigenvalue weighted by atomic mass is 28.3. The molecule has 1 aromatic heterocycles. The van der Waals surface area contributed by atoms with Crippen LogP contribution in [-0.2, 0) is 32.5 Å². The Balaban J connectivity index is 1.26. The number of hydrogen-bond acceptors (Lipinski definition) is 3. The van der Waals surface area contributed by atoms with Crippen LogP contribution >= 0.6 is 0 Å². The minimum atomic E-state index is -1.53. The second-order valence-corrected chi connectivity index (χ2v) is 33.2. The van der Waals surface area contributed by atoms with Crippen molar-refractivity contribution in [1.29, 1.82) is 0 Å². The smallest absolute Gasteiger partial charge is 0.257 e. The van der Waals surface area contributed by atoms with Crippen molar-refractivity contribution in [1.82, 2.24) is 0 Å². The molecule has 5 heteroatoms. The lowest BCUT2D eigenvalue weighted by Crippen LogP contribution is -2.61. The van der Waals surface area contributed by atoms with Gasteiger partial charge in [0, 0.05) is 39.2 Å². The zero-order chi connectivity index (χ0) is 50.9. The van der Waals surface area contributed by atoms with Crippen LogP contribution in [0.3, 0.4) is 0 Å². The van der Waals surface area contributed by atoms with E-state index in [1.54, 1.807) is 0 Å². The van der Waals surface area contributed by atoms with Crippen LogP contribution < -0.4 is 31.4 Å². The van der Waals surface area contributed by atoms with Gasteiger partial charge in [-0.05, 0) is 175 Å². The molecule has 3 nitrogen and oxygen atoms in total. The van der Waals surface area contributed by atoms with Crippen LogP contribution in [0.5, 0.6) is 0 Å². The first-order valence-electron chi connectivity index (χ1n) is 26.9. The molecule has 366 valence electrons. The van der Waals surface area contributed by atoms with Gasteiger partial charge in [0.15, 0.2) is 0 Å². The first kappa shape index (κ1) is 48.0. The van der Waals surface area contributed by atoms with Gasteiger partial charge in [0.1, 0.15) is 5.58 Å². The molecule has 2 aliphatic heterocycles. The number of anilines is 6. The van der Waals surface area contributed by atoms with E-state index in [9.17, 15) is 0 Å². The van der Waals surface area contributed by atoms with Gasteiger partial charge in [-0.25, -0.2) is 0 Å². The van der Waals surface area contributed by atoms with E-state index in [2.05, 4.69) is 236 Å². The van der Waals surface area contributed by atoms with Crippen molar-refractivity contribution in [2.24, 2.45) is 0 Å². The first-order chi connectivity index (χ1) is 33.0. The lowest BCUT2D eigenvalue weighted by molar-refractivity contribution is 0.332. The number of benzene rings is 6. The fourth-order valence-electron chi connectivity index (χ4n) is 13.0. The average Bonchev–Trinajstić information content (AvgIpc) is 3.66. The maximum Gasteiger partial charge on any atom is 0.257 e. The third-order valence-corrected chi connectivity index (χ3v) is 20.0. The Bertz CT molecular complexity index is 3340. The van der Waals surface area contributed by atoms with E-state index in [0.717, 1.165) is 30.7 Å². The topological polar surface area (TPSA) is 19.6 Å². The highest BCUT2D eigenvalue weighted by Crippen LogP contribution is 2.53. The van der Waals surface area contributed by atoms with Crippen LogP contribution in [0.15, 0.2) is 108 Å². The molecule has 4 aliphatic rings. The molecule has 6 aromatic carbocycles. The molecule has 0 spiro atoms. The van der Waals surface area contributed by atoms with Gasteiger partial charge in [-0.15, -0.1) is 0 Å². The van der Waals surface area contributed by atoms with E-state index in [-0.39, 0.29) is 39.2 Å². The third kappa shape index (κ3) is 7.55. The summed E-state index contributed by atoms with van der Waals surface area (Å²) in [5, 5.41) is 2.73. The highest BCUT2D eigenvalue weighted by Gasteiger charge is 2.49.